The molecule has 0 aromatic carbocycles. The molecule has 0 unspecified atom stereocenters. The summed E-state index contributed by atoms with van der Waals surface area (Å²) in [4.78, 5) is 44.6. The highest BCUT2D eigenvalue weighted by atomic mass is 16.6. The lowest BCUT2D eigenvalue weighted by molar-refractivity contribution is -0.140. The summed E-state index contributed by atoms with van der Waals surface area (Å²) in [5.74, 6) is -1.16. The van der Waals surface area contributed by atoms with Crippen LogP contribution in [0.1, 0.15) is 13.8 Å². The summed E-state index contributed by atoms with van der Waals surface area (Å²) in [5.41, 5.74) is 0.475. The predicted molar refractivity (Wildman–Crippen MR) is 85.4 cm³/mol. The third kappa shape index (κ3) is 12.1. The molecule has 0 aliphatic heterocycles. The van der Waals surface area contributed by atoms with Crippen molar-refractivity contribution in [2.45, 2.75) is 13.8 Å². The lowest BCUT2D eigenvalue weighted by atomic mass is 10.4. The smallest absolute Gasteiger partial charge is 0.408 e. The van der Waals surface area contributed by atoms with Gasteiger partial charge in [0.1, 0.15) is 26.4 Å². The lowest BCUT2D eigenvalue weighted by Gasteiger charge is -2.09. The van der Waals surface area contributed by atoms with Crippen LogP contribution in [-0.2, 0) is 28.5 Å². The van der Waals surface area contributed by atoms with Gasteiger partial charge in [0.05, 0.1) is 6.67 Å². The first kappa shape index (κ1) is 22.0. The molecule has 0 heterocycles. The molecule has 0 aromatic rings. The summed E-state index contributed by atoms with van der Waals surface area (Å²) in [7, 11) is 0. The van der Waals surface area contributed by atoms with E-state index in [0.717, 1.165) is 0 Å². The number of esters is 2. The van der Waals surface area contributed by atoms with E-state index in [1.165, 1.54) is 13.8 Å². The van der Waals surface area contributed by atoms with Gasteiger partial charge in [-0.3, -0.25) is 0 Å². The topological polar surface area (TPSA) is 129 Å². The maximum atomic E-state index is 11.3. The van der Waals surface area contributed by atoms with Gasteiger partial charge in [-0.05, 0) is 13.8 Å². The SMILES string of the molecule is C=C(C)C(=O)OCCOC(=O)NCNC(=O)OCCOC(=O)C(=C)C. The van der Waals surface area contributed by atoms with E-state index in [1.807, 2.05) is 0 Å². The molecule has 10 nitrogen and oxygen atoms in total. The maximum Gasteiger partial charge on any atom is 0.408 e. The molecule has 0 atom stereocenters. The normalized spacial score (nSPS) is 9.36. The van der Waals surface area contributed by atoms with E-state index >= 15 is 0 Å². The van der Waals surface area contributed by atoms with Gasteiger partial charge in [0.2, 0.25) is 0 Å². The molecule has 140 valence electrons. The van der Waals surface area contributed by atoms with Crippen molar-refractivity contribution in [3.05, 3.63) is 24.3 Å². The fraction of sp³-hybridized carbons (Fsp3) is 0.467. The van der Waals surface area contributed by atoms with E-state index in [9.17, 15) is 19.2 Å². The molecule has 0 aromatic heterocycles. The van der Waals surface area contributed by atoms with Crippen LogP contribution in [-0.4, -0.2) is 57.2 Å². The average molecular weight is 358 g/mol. The van der Waals surface area contributed by atoms with Crippen LogP contribution in [0.3, 0.4) is 0 Å². The van der Waals surface area contributed by atoms with Crippen molar-refractivity contribution in [2.24, 2.45) is 0 Å². The molecule has 0 fully saturated rings. The molecule has 2 N–H and O–H groups in total. The van der Waals surface area contributed by atoms with Gasteiger partial charge in [-0.1, -0.05) is 13.2 Å². The zero-order chi connectivity index (χ0) is 19.2. The van der Waals surface area contributed by atoms with E-state index < -0.39 is 24.1 Å². The number of amides is 2. The Bertz CT molecular complexity index is 484. The molecular weight excluding hydrogens is 336 g/mol. The second kappa shape index (κ2) is 12.4. The highest BCUT2D eigenvalue weighted by Crippen LogP contribution is 1.92. The Balaban J connectivity index is 3.61. The predicted octanol–water partition coefficient (Wildman–Crippen LogP) is 0.635. The Morgan fingerprint density at radius 1 is 0.680 bits per heavy atom. The molecule has 2 amide bonds. The van der Waals surface area contributed by atoms with Crippen molar-refractivity contribution >= 4 is 24.1 Å². The minimum Gasteiger partial charge on any atom is -0.459 e. The molecule has 10 heteroatoms. The van der Waals surface area contributed by atoms with Crippen molar-refractivity contribution in [2.75, 3.05) is 33.1 Å². The Labute approximate surface area is 145 Å². The summed E-state index contributed by atoms with van der Waals surface area (Å²) in [6.07, 6.45) is -1.64. The zero-order valence-corrected chi connectivity index (χ0v) is 14.2. The minimum absolute atomic E-state index is 0.114. The van der Waals surface area contributed by atoms with Crippen LogP contribution < -0.4 is 10.6 Å². The fourth-order valence-electron chi connectivity index (χ4n) is 1.07. The second-order valence-electron chi connectivity index (χ2n) is 4.63. The van der Waals surface area contributed by atoms with Crippen molar-refractivity contribution in [3.63, 3.8) is 0 Å². The highest BCUT2D eigenvalue weighted by Gasteiger charge is 2.07. The van der Waals surface area contributed by atoms with Crippen LogP contribution in [0.15, 0.2) is 24.3 Å². The monoisotopic (exact) mass is 358 g/mol. The molecule has 25 heavy (non-hydrogen) atoms. The number of nitrogens with one attached hydrogen (secondary N) is 2. The van der Waals surface area contributed by atoms with Crippen LogP contribution in [0.2, 0.25) is 0 Å². The average Bonchev–Trinajstić information content (AvgIpc) is 2.54. The Hall–Kier alpha value is -3.04. The van der Waals surface area contributed by atoms with Crippen LogP contribution in [0.4, 0.5) is 9.59 Å². The van der Waals surface area contributed by atoms with Crippen molar-refractivity contribution < 1.29 is 38.1 Å². The van der Waals surface area contributed by atoms with Gasteiger partial charge in [0.15, 0.2) is 0 Å². The number of carbonyl (C=O) groups is 4. The van der Waals surface area contributed by atoms with Crippen LogP contribution in [0, 0.1) is 0 Å². The molecule has 0 saturated heterocycles. The zero-order valence-electron chi connectivity index (χ0n) is 14.2. The van der Waals surface area contributed by atoms with E-state index in [1.54, 1.807) is 0 Å². The minimum atomic E-state index is -0.818. The molecule has 0 radical (unpaired) electrons. The number of alkyl carbamates (subject to hydrolysis) is 2. The van der Waals surface area contributed by atoms with E-state index in [2.05, 4.69) is 33.3 Å². The van der Waals surface area contributed by atoms with E-state index in [0.29, 0.717) is 0 Å². The quantitative estimate of drug-likeness (QED) is 0.191. The molecular formula is C15H22N2O8. The van der Waals surface area contributed by atoms with Gasteiger partial charge in [-0.15, -0.1) is 0 Å². The van der Waals surface area contributed by atoms with Gasteiger partial charge in [-0.2, -0.15) is 0 Å². The Morgan fingerprint density at radius 2 is 1.00 bits per heavy atom. The molecule has 0 aliphatic carbocycles. The lowest BCUT2D eigenvalue weighted by Crippen LogP contribution is -2.38. The van der Waals surface area contributed by atoms with Crippen molar-refractivity contribution in [1.82, 2.24) is 10.6 Å². The first-order valence-corrected chi connectivity index (χ1v) is 7.20. The van der Waals surface area contributed by atoms with Gasteiger partial charge in [0.25, 0.3) is 0 Å². The summed E-state index contributed by atoms with van der Waals surface area (Å²) in [6.45, 7) is 9.00. The third-order valence-electron chi connectivity index (χ3n) is 2.26. The van der Waals surface area contributed by atoms with E-state index in [4.69, 9.17) is 9.47 Å². The molecule has 0 aliphatic rings. The van der Waals surface area contributed by atoms with Gasteiger partial charge >= 0.3 is 24.1 Å². The van der Waals surface area contributed by atoms with Gasteiger partial charge < -0.3 is 29.6 Å². The van der Waals surface area contributed by atoms with Gasteiger partial charge in [-0.25, -0.2) is 19.2 Å². The largest absolute Gasteiger partial charge is 0.459 e. The Kier molecular flexibility index (Phi) is 10.9. The number of carbonyl (C=O) groups excluding carboxylic acids is 4. The highest BCUT2D eigenvalue weighted by molar-refractivity contribution is 5.87. The Morgan fingerprint density at radius 3 is 1.32 bits per heavy atom. The summed E-state index contributed by atoms with van der Waals surface area (Å²) >= 11 is 0. The molecule has 0 bridgehead atoms. The van der Waals surface area contributed by atoms with Crippen molar-refractivity contribution in [1.29, 1.82) is 0 Å². The number of rotatable bonds is 10. The molecule has 0 spiro atoms. The van der Waals surface area contributed by atoms with Crippen molar-refractivity contribution in [3.8, 4) is 0 Å². The third-order valence-corrected chi connectivity index (χ3v) is 2.26. The summed E-state index contributed by atoms with van der Waals surface area (Å²) in [6, 6.07) is 0. The van der Waals surface area contributed by atoms with Crippen LogP contribution in [0.25, 0.3) is 0 Å². The number of hydrogen-bond donors (Lipinski definition) is 2. The number of hydrogen-bond acceptors (Lipinski definition) is 8. The molecule has 0 saturated carbocycles. The van der Waals surface area contributed by atoms with E-state index in [-0.39, 0.29) is 44.2 Å². The summed E-state index contributed by atoms with van der Waals surface area (Å²) < 4.78 is 18.8. The fourth-order valence-corrected chi connectivity index (χ4v) is 1.07. The van der Waals surface area contributed by atoms with Crippen LogP contribution in [0.5, 0.6) is 0 Å². The van der Waals surface area contributed by atoms with Crippen LogP contribution >= 0.6 is 0 Å². The maximum absolute atomic E-state index is 11.3. The first-order chi connectivity index (χ1) is 11.7. The standard InChI is InChI=1S/C15H22N2O8/c1-10(2)12(18)22-5-7-24-14(20)16-9-17-15(21)25-8-6-23-13(19)11(3)4/h1,3,5-9H2,2,4H3,(H,16,20)(H,17,21). The number of ether oxygens (including phenoxy) is 4. The van der Waals surface area contributed by atoms with Gasteiger partial charge in [0, 0.05) is 11.1 Å². The summed E-state index contributed by atoms with van der Waals surface area (Å²) in [5, 5.41) is 4.44. The molecule has 0 rings (SSSR count). The first-order valence-electron chi connectivity index (χ1n) is 7.20. The second-order valence-corrected chi connectivity index (χ2v) is 4.63.